The lowest BCUT2D eigenvalue weighted by Crippen LogP contribution is -2.51. The molecule has 1 aromatic rings. The minimum absolute atomic E-state index is 0.0504. The van der Waals surface area contributed by atoms with E-state index in [-0.39, 0.29) is 34.8 Å². The Labute approximate surface area is 161 Å². The van der Waals surface area contributed by atoms with Crippen molar-refractivity contribution in [2.24, 2.45) is 0 Å². The van der Waals surface area contributed by atoms with Crippen LogP contribution in [0.25, 0.3) is 0 Å². The van der Waals surface area contributed by atoms with Crippen LogP contribution in [-0.4, -0.2) is 39.6 Å². The molecule has 0 aromatic heterocycles. The molecule has 2 fully saturated rings. The van der Waals surface area contributed by atoms with Crippen LogP contribution in [-0.2, 0) is 4.74 Å². The standard InChI is InChI=1S/C18H24BrN3O4/c1-18(2,3)26-17(23)21-12-7-8-13(21)10-11(9-12)20-15-6-4-5-14(19)16(15)22(24)25/h4-6,11-13,20H,7-10H2,1-3H3. The number of nitro groups is 1. The van der Waals surface area contributed by atoms with Crippen LogP contribution in [0.2, 0.25) is 0 Å². The monoisotopic (exact) mass is 425 g/mol. The van der Waals surface area contributed by atoms with E-state index in [1.54, 1.807) is 18.2 Å². The van der Waals surface area contributed by atoms with Crippen molar-refractivity contribution in [1.82, 2.24) is 4.90 Å². The number of anilines is 1. The van der Waals surface area contributed by atoms with Crippen molar-refractivity contribution < 1.29 is 14.5 Å². The summed E-state index contributed by atoms with van der Waals surface area (Å²) in [5.41, 5.74) is 0.0524. The number of ether oxygens (including phenoxy) is 1. The number of fused-ring (bicyclic) bond motifs is 2. The molecule has 2 bridgehead atoms. The molecular formula is C18H24BrN3O4. The summed E-state index contributed by atoms with van der Waals surface area (Å²) in [4.78, 5) is 25.4. The SMILES string of the molecule is CC(C)(C)OC(=O)N1C2CCC1CC(Nc1cccc(Br)c1[N+](=O)[O-])C2. The molecule has 7 nitrogen and oxygen atoms in total. The second-order valence-electron chi connectivity index (χ2n) is 7.98. The normalized spacial score (nSPS) is 25.1. The zero-order chi connectivity index (χ0) is 19.1. The predicted molar refractivity (Wildman–Crippen MR) is 102 cm³/mol. The molecule has 8 heteroatoms. The zero-order valence-corrected chi connectivity index (χ0v) is 16.8. The van der Waals surface area contributed by atoms with Crippen molar-refractivity contribution >= 4 is 33.4 Å². The van der Waals surface area contributed by atoms with Crippen molar-refractivity contribution in [3.05, 3.63) is 32.8 Å². The molecule has 2 heterocycles. The molecule has 1 N–H and O–H groups in total. The van der Waals surface area contributed by atoms with Crippen LogP contribution in [0.1, 0.15) is 46.5 Å². The van der Waals surface area contributed by atoms with Crippen molar-refractivity contribution in [3.8, 4) is 0 Å². The number of rotatable bonds is 3. The van der Waals surface area contributed by atoms with Gasteiger partial charge in [0.25, 0.3) is 0 Å². The highest BCUT2D eigenvalue weighted by Crippen LogP contribution is 2.40. The highest BCUT2D eigenvalue weighted by Gasteiger charge is 2.45. The third-order valence-electron chi connectivity index (χ3n) is 4.87. The van der Waals surface area contributed by atoms with Crippen LogP contribution < -0.4 is 5.32 Å². The molecular weight excluding hydrogens is 402 g/mol. The minimum Gasteiger partial charge on any atom is -0.444 e. The number of halogens is 1. The van der Waals surface area contributed by atoms with Crippen LogP contribution in [0.5, 0.6) is 0 Å². The van der Waals surface area contributed by atoms with E-state index in [9.17, 15) is 14.9 Å². The lowest BCUT2D eigenvalue weighted by Gasteiger charge is -2.39. The molecule has 3 rings (SSSR count). The second kappa shape index (κ2) is 7.06. The highest BCUT2D eigenvalue weighted by atomic mass is 79.9. The molecule has 2 saturated heterocycles. The summed E-state index contributed by atoms with van der Waals surface area (Å²) in [6.45, 7) is 5.61. The van der Waals surface area contributed by atoms with Gasteiger partial charge in [0.05, 0.1) is 9.40 Å². The second-order valence-corrected chi connectivity index (χ2v) is 8.83. The smallest absolute Gasteiger partial charge is 0.410 e. The number of hydrogen-bond donors (Lipinski definition) is 1. The first-order valence-electron chi connectivity index (χ1n) is 8.86. The van der Waals surface area contributed by atoms with Crippen molar-refractivity contribution in [2.75, 3.05) is 5.32 Å². The maximum absolute atomic E-state index is 12.5. The number of carbonyl (C=O) groups is 1. The van der Waals surface area contributed by atoms with Gasteiger partial charge in [0.15, 0.2) is 0 Å². The van der Waals surface area contributed by atoms with Gasteiger partial charge in [0.1, 0.15) is 11.3 Å². The first-order chi connectivity index (χ1) is 12.2. The highest BCUT2D eigenvalue weighted by molar-refractivity contribution is 9.10. The lowest BCUT2D eigenvalue weighted by molar-refractivity contribution is -0.384. The van der Waals surface area contributed by atoms with Crippen LogP contribution in [0, 0.1) is 10.1 Å². The van der Waals surface area contributed by atoms with Gasteiger partial charge in [0.2, 0.25) is 0 Å². The number of carbonyl (C=O) groups excluding carboxylic acids is 1. The van der Waals surface area contributed by atoms with E-state index in [4.69, 9.17) is 4.74 Å². The average Bonchev–Trinajstić information content (AvgIpc) is 2.77. The molecule has 0 radical (unpaired) electrons. The van der Waals surface area contributed by atoms with E-state index >= 15 is 0 Å². The Hall–Kier alpha value is -1.83. The number of benzene rings is 1. The molecule has 26 heavy (non-hydrogen) atoms. The van der Waals surface area contributed by atoms with Gasteiger partial charge in [-0.3, -0.25) is 10.1 Å². The van der Waals surface area contributed by atoms with Gasteiger partial charge in [-0.1, -0.05) is 6.07 Å². The molecule has 0 aliphatic carbocycles. The van der Waals surface area contributed by atoms with Gasteiger partial charge in [-0.05, 0) is 74.5 Å². The van der Waals surface area contributed by atoms with Crippen LogP contribution in [0.4, 0.5) is 16.2 Å². The Morgan fingerprint density at radius 2 is 1.92 bits per heavy atom. The van der Waals surface area contributed by atoms with Gasteiger partial charge in [-0.25, -0.2) is 4.79 Å². The fourth-order valence-corrected chi connectivity index (χ4v) is 4.46. The summed E-state index contributed by atoms with van der Waals surface area (Å²) in [6.07, 6.45) is 3.17. The molecule has 1 amide bonds. The zero-order valence-electron chi connectivity index (χ0n) is 15.2. The van der Waals surface area contributed by atoms with Crippen LogP contribution in [0.15, 0.2) is 22.7 Å². The maximum atomic E-state index is 12.5. The third-order valence-corrected chi connectivity index (χ3v) is 5.51. The molecule has 2 aliphatic heterocycles. The summed E-state index contributed by atoms with van der Waals surface area (Å²) in [7, 11) is 0. The Balaban J connectivity index is 1.71. The van der Waals surface area contributed by atoms with Crippen LogP contribution in [0.3, 0.4) is 0 Å². The molecule has 2 unspecified atom stereocenters. The van der Waals surface area contributed by atoms with E-state index < -0.39 is 5.60 Å². The van der Waals surface area contributed by atoms with Crippen molar-refractivity contribution in [3.63, 3.8) is 0 Å². The summed E-state index contributed by atoms with van der Waals surface area (Å²) in [6, 6.07) is 5.51. The van der Waals surface area contributed by atoms with E-state index in [2.05, 4.69) is 21.2 Å². The minimum atomic E-state index is -0.511. The molecule has 0 saturated carbocycles. The summed E-state index contributed by atoms with van der Waals surface area (Å²) in [5.74, 6) is 0. The summed E-state index contributed by atoms with van der Waals surface area (Å²) in [5, 5.41) is 14.7. The number of piperidine rings is 1. The van der Waals surface area contributed by atoms with Gasteiger partial charge >= 0.3 is 11.8 Å². The van der Waals surface area contributed by atoms with Gasteiger partial charge in [0, 0.05) is 18.1 Å². The molecule has 142 valence electrons. The molecule has 2 atom stereocenters. The number of amides is 1. The first-order valence-corrected chi connectivity index (χ1v) is 9.66. The Bertz CT molecular complexity index is 705. The van der Waals surface area contributed by atoms with E-state index in [0.29, 0.717) is 10.2 Å². The van der Waals surface area contributed by atoms with Gasteiger partial charge < -0.3 is 15.0 Å². The number of nitro benzene ring substituents is 1. The summed E-state index contributed by atoms with van der Waals surface area (Å²) < 4.78 is 6.01. The quantitative estimate of drug-likeness (QED) is 0.560. The predicted octanol–water partition coefficient (Wildman–Crippen LogP) is 4.70. The first kappa shape index (κ1) is 18.9. The van der Waals surface area contributed by atoms with Crippen molar-refractivity contribution in [1.29, 1.82) is 0 Å². The fraction of sp³-hybridized carbons (Fsp3) is 0.611. The Morgan fingerprint density at radius 3 is 2.46 bits per heavy atom. The van der Waals surface area contributed by atoms with Crippen LogP contribution >= 0.6 is 15.9 Å². The third kappa shape index (κ3) is 3.95. The van der Waals surface area contributed by atoms with Crippen molar-refractivity contribution in [2.45, 2.75) is 70.2 Å². The molecule has 2 aliphatic rings. The number of para-hydroxylation sites is 1. The molecule has 0 spiro atoms. The topological polar surface area (TPSA) is 84.7 Å². The van der Waals surface area contributed by atoms with Gasteiger partial charge in [-0.2, -0.15) is 0 Å². The Morgan fingerprint density at radius 1 is 1.31 bits per heavy atom. The van der Waals surface area contributed by atoms with Gasteiger partial charge in [-0.15, -0.1) is 0 Å². The van der Waals surface area contributed by atoms with E-state index in [0.717, 1.165) is 25.7 Å². The number of nitrogens with zero attached hydrogens (tertiary/aromatic N) is 2. The Kier molecular flexibility index (Phi) is 5.14. The number of hydrogen-bond acceptors (Lipinski definition) is 5. The lowest BCUT2D eigenvalue weighted by atomic mass is 9.97. The van der Waals surface area contributed by atoms with E-state index in [1.807, 2.05) is 25.7 Å². The number of nitrogens with one attached hydrogen (secondary N) is 1. The average molecular weight is 426 g/mol. The largest absolute Gasteiger partial charge is 0.444 e. The maximum Gasteiger partial charge on any atom is 0.410 e. The van der Waals surface area contributed by atoms with E-state index in [1.165, 1.54) is 0 Å². The molecule has 1 aromatic carbocycles. The summed E-state index contributed by atoms with van der Waals surface area (Å²) >= 11 is 3.25. The fourth-order valence-electron chi connectivity index (χ4n) is 3.94.